The molecule has 0 aromatic heterocycles. The molecule has 0 unspecified atom stereocenters. The number of hydrogen-bond acceptors (Lipinski definition) is 3. The SMILES string of the molecule is CNC(=O)[C@@H]1CNCCN1. The summed E-state index contributed by atoms with van der Waals surface area (Å²) in [6.07, 6.45) is 0. The highest BCUT2D eigenvalue weighted by atomic mass is 16.2. The van der Waals surface area contributed by atoms with E-state index in [1.165, 1.54) is 0 Å². The molecule has 58 valence electrons. The van der Waals surface area contributed by atoms with Crippen LogP contribution < -0.4 is 16.0 Å². The van der Waals surface area contributed by atoms with Gasteiger partial charge in [0.2, 0.25) is 5.91 Å². The number of nitrogens with one attached hydrogen (secondary N) is 3. The molecule has 0 aromatic rings. The second-order valence-electron chi connectivity index (χ2n) is 2.33. The molecule has 0 aliphatic carbocycles. The van der Waals surface area contributed by atoms with Gasteiger partial charge in [-0.1, -0.05) is 0 Å². The van der Waals surface area contributed by atoms with E-state index in [-0.39, 0.29) is 11.9 Å². The molecule has 0 bridgehead atoms. The van der Waals surface area contributed by atoms with Gasteiger partial charge in [0.15, 0.2) is 0 Å². The Bertz CT molecular complexity index is 120. The van der Waals surface area contributed by atoms with Crippen molar-refractivity contribution < 1.29 is 4.79 Å². The zero-order valence-corrected chi connectivity index (χ0v) is 6.11. The fourth-order valence-electron chi connectivity index (χ4n) is 1.01. The normalized spacial score (nSPS) is 25.9. The Morgan fingerprint density at radius 2 is 2.40 bits per heavy atom. The highest BCUT2D eigenvalue weighted by molar-refractivity contribution is 5.81. The van der Waals surface area contributed by atoms with Crippen LogP contribution in [0.1, 0.15) is 0 Å². The molecule has 1 fully saturated rings. The third-order valence-corrected chi connectivity index (χ3v) is 1.60. The van der Waals surface area contributed by atoms with Gasteiger partial charge < -0.3 is 16.0 Å². The summed E-state index contributed by atoms with van der Waals surface area (Å²) in [5, 5.41) is 8.82. The average molecular weight is 143 g/mol. The van der Waals surface area contributed by atoms with E-state index in [1.54, 1.807) is 7.05 Å². The van der Waals surface area contributed by atoms with Crippen molar-refractivity contribution in [1.29, 1.82) is 0 Å². The van der Waals surface area contributed by atoms with E-state index in [0.717, 1.165) is 19.6 Å². The van der Waals surface area contributed by atoms with Crippen LogP contribution in [0.2, 0.25) is 0 Å². The minimum Gasteiger partial charge on any atom is -0.358 e. The second-order valence-corrected chi connectivity index (χ2v) is 2.33. The van der Waals surface area contributed by atoms with Crippen LogP contribution in [0.3, 0.4) is 0 Å². The molecule has 1 aliphatic heterocycles. The van der Waals surface area contributed by atoms with Crippen LogP contribution in [0, 0.1) is 0 Å². The van der Waals surface area contributed by atoms with Gasteiger partial charge in [0.1, 0.15) is 0 Å². The maximum Gasteiger partial charge on any atom is 0.238 e. The predicted octanol–water partition coefficient (Wildman–Crippen LogP) is -1.71. The summed E-state index contributed by atoms with van der Waals surface area (Å²) in [6.45, 7) is 2.56. The minimum absolute atomic E-state index is 0.0428. The van der Waals surface area contributed by atoms with Crippen LogP contribution in [-0.2, 0) is 4.79 Å². The summed E-state index contributed by atoms with van der Waals surface area (Å²) in [7, 11) is 1.65. The Morgan fingerprint density at radius 3 is 2.90 bits per heavy atom. The summed E-state index contributed by atoms with van der Waals surface area (Å²) in [6, 6.07) is -0.0428. The van der Waals surface area contributed by atoms with E-state index < -0.39 is 0 Å². The molecular weight excluding hydrogens is 130 g/mol. The van der Waals surface area contributed by atoms with Gasteiger partial charge in [-0.2, -0.15) is 0 Å². The number of amides is 1. The molecule has 1 aliphatic rings. The molecule has 1 saturated heterocycles. The molecule has 4 nitrogen and oxygen atoms in total. The van der Waals surface area contributed by atoms with Crippen LogP contribution in [0.25, 0.3) is 0 Å². The van der Waals surface area contributed by atoms with E-state index in [2.05, 4.69) is 16.0 Å². The van der Waals surface area contributed by atoms with Crippen LogP contribution in [0.5, 0.6) is 0 Å². The van der Waals surface area contributed by atoms with Crippen LogP contribution in [-0.4, -0.2) is 38.6 Å². The lowest BCUT2D eigenvalue weighted by Crippen LogP contribution is -2.55. The molecule has 4 heteroatoms. The zero-order chi connectivity index (χ0) is 7.40. The first-order valence-corrected chi connectivity index (χ1v) is 3.50. The Labute approximate surface area is 60.4 Å². The lowest BCUT2D eigenvalue weighted by atomic mass is 10.2. The van der Waals surface area contributed by atoms with E-state index in [4.69, 9.17) is 0 Å². The molecular formula is C6H13N3O. The Kier molecular flexibility index (Phi) is 2.65. The number of carbonyl (C=O) groups excluding carboxylic acids is 1. The number of carbonyl (C=O) groups is 1. The van der Waals surface area contributed by atoms with Crippen molar-refractivity contribution in [3.63, 3.8) is 0 Å². The van der Waals surface area contributed by atoms with Crippen LogP contribution in [0.4, 0.5) is 0 Å². The van der Waals surface area contributed by atoms with E-state index >= 15 is 0 Å². The maximum absolute atomic E-state index is 11.0. The van der Waals surface area contributed by atoms with E-state index in [9.17, 15) is 4.79 Å². The summed E-state index contributed by atoms with van der Waals surface area (Å²) in [5.41, 5.74) is 0. The highest BCUT2D eigenvalue weighted by Crippen LogP contribution is 1.85. The van der Waals surface area contributed by atoms with Gasteiger partial charge >= 0.3 is 0 Å². The fraction of sp³-hybridized carbons (Fsp3) is 0.833. The first kappa shape index (κ1) is 7.50. The largest absolute Gasteiger partial charge is 0.358 e. The summed E-state index contributed by atoms with van der Waals surface area (Å²) < 4.78 is 0. The van der Waals surface area contributed by atoms with Gasteiger partial charge in [0, 0.05) is 26.7 Å². The Hall–Kier alpha value is -0.610. The third-order valence-electron chi connectivity index (χ3n) is 1.60. The van der Waals surface area contributed by atoms with Crippen molar-refractivity contribution in [3.05, 3.63) is 0 Å². The fourth-order valence-corrected chi connectivity index (χ4v) is 1.01. The molecule has 10 heavy (non-hydrogen) atoms. The maximum atomic E-state index is 11.0. The topological polar surface area (TPSA) is 53.2 Å². The van der Waals surface area contributed by atoms with Crippen molar-refractivity contribution in [2.45, 2.75) is 6.04 Å². The Morgan fingerprint density at radius 1 is 1.60 bits per heavy atom. The molecule has 1 rings (SSSR count). The first-order valence-electron chi connectivity index (χ1n) is 3.50. The molecule has 1 heterocycles. The highest BCUT2D eigenvalue weighted by Gasteiger charge is 2.17. The van der Waals surface area contributed by atoms with Gasteiger partial charge in [-0.05, 0) is 0 Å². The Balaban J connectivity index is 2.31. The standard InChI is InChI=1S/C6H13N3O/c1-7-6(10)5-4-8-2-3-9-5/h5,8-9H,2-4H2,1H3,(H,7,10)/t5-/m0/s1. The summed E-state index contributed by atoms with van der Waals surface area (Å²) in [4.78, 5) is 11.0. The molecule has 0 radical (unpaired) electrons. The lowest BCUT2D eigenvalue weighted by Gasteiger charge is -2.22. The van der Waals surface area contributed by atoms with Crippen molar-refractivity contribution in [2.75, 3.05) is 26.7 Å². The van der Waals surface area contributed by atoms with Crippen LogP contribution in [0.15, 0.2) is 0 Å². The van der Waals surface area contributed by atoms with Crippen LogP contribution >= 0.6 is 0 Å². The number of rotatable bonds is 1. The summed E-state index contributed by atoms with van der Waals surface area (Å²) >= 11 is 0. The predicted molar refractivity (Wildman–Crippen MR) is 38.7 cm³/mol. The van der Waals surface area contributed by atoms with Crippen molar-refractivity contribution in [3.8, 4) is 0 Å². The second kappa shape index (κ2) is 3.53. The molecule has 1 atom stereocenters. The molecule has 0 aromatic carbocycles. The molecule has 1 amide bonds. The molecule has 0 spiro atoms. The van der Waals surface area contributed by atoms with Gasteiger partial charge in [0.25, 0.3) is 0 Å². The average Bonchev–Trinajstić information content (AvgIpc) is 2.05. The van der Waals surface area contributed by atoms with Crippen molar-refractivity contribution in [2.24, 2.45) is 0 Å². The number of piperazine rings is 1. The first-order chi connectivity index (χ1) is 4.84. The van der Waals surface area contributed by atoms with Crippen molar-refractivity contribution in [1.82, 2.24) is 16.0 Å². The molecule has 0 saturated carbocycles. The number of hydrogen-bond donors (Lipinski definition) is 3. The lowest BCUT2D eigenvalue weighted by molar-refractivity contribution is -0.122. The van der Waals surface area contributed by atoms with Gasteiger partial charge in [-0.25, -0.2) is 0 Å². The zero-order valence-electron chi connectivity index (χ0n) is 6.11. The quantitative estimate of drug-likeness (QED) is 0.410. The van der Waals surface area contributed by atoms with Gasteiger partial charge in [-0.3, -0.25) is 4.79 Å². The van der Waals surface area contributed by atoms with Gasteiger partial charge in [0.05, 0.1) is 6.04 Å². The number of likely N-dealkylation sites (N-methyl/N-ethyl adjacent to an activating group) is 1. The summed E-state index contributed by atoms with van der Waals surface area (Å²) in [5.74, 6) is 0.0622. The smallest absolute Gasteiger partial charge is 0.238 e. The molecule has 3 N–H and O–H groups in total. The third kappa shape index (κ3) is 1.68. The van der Waals surface area contributed by atoms with Crippen molar-refractivity contribution >= 4 is 5.91 Å². The van der Waals surface area contributed by atoms with E-state index in [1.807, 2.05) is 0 Å². The van der Waals surface area contributed by atoms with Gasteiger partial charge in [-0.15, -0.1) is 0 Å². The monoisotopic (exact) mass is 143 g/mol. The minimum atomic E-state index is -0.0428. The van der Waals surface area contributed by atoms with E-state index in [0.29, 0.717) is 0 Å².